The van der Waals surface area contributed by atoms with E-state index in [2.05, 4.69) is 16.3 Å². The van der Waals surface area contributed by atoms with Crippen molar-refractivity contribution in [3.63, 3.8) is 0 Å². The van der Waals surface area contributed by atoms with E-state index < -0.39 is 0 Å². The Bertz CT molecular complexity index is 593. The first-order valence-corrected chi connectivity index (χ1v) is 9.25. The number of ether oxygens (including phenoxy) is 2. The van der Waals surface area contributed by atoms with Gasteiger partial charge in [0.2, 0.25) is 0 Å². The summed E-state index contributed by atoms with van der Waals surface area (Å²) in [6, 6.07) is 5.96. The fourth-order valence-corrected chi connectivity index (χ4v) is 3.60. The molecule has 0 bridgehead atoms. The Kier molecular flexibility index (Phi) is 6.34. The van der Waals surface area contributed by atoms with E-state index in [9.17, 15) is 5.11 Å². The molecule has 0 saturated carbocycles. The Hall–Kier alpha value is -1.56. The Morgan fingerprint density at radius 3 is 2.88 bits per heavy atom. The number of nitrogens with one attached hydrogen (secondary N) is 1. The van der Waals surface area contributed by atoms with Crippen LogP contribution in [0.4, 0.5) is 0 Å². The highest BCUT2D eigenvalue weighted by Gasteiger charge is 2.20. The lowest BCUT2D eigenvalue weighted by Gasteiger charge is -2.32. The van der Waals surface area contributed by atoms with Crippen LogP contribution in [-0.4, -0.2) is 62.6 Å². The molecule has 1 fully saturated rings. The number of rotatable bonds is 7. The molecule has 2 aliphatic rings. The minimum Gasteiger partial charge on any atom is -0.497 e. The number of benzene rings is 1. The first-order valence-electron chi connectivity index (χ1n) is 9.25. The second-order valence-electron chi connectivity index (χ2n) is 7.22. The van der Waals surface area contributed by atoms with Crippen LogP contribution in [0.2, 0.25) is 0 Å². The molecule has 0 aromatic heterocycles. The van der Waals surface area contributed by atoms with Crippen LogP contribution >= 0.6 is 0 Å². The standard InChI is InChI=1S/C20H30N2O3/c1-15(23)13-22-7-5-16(6-8-22)11-21-12-17-9-18-3-4-19(24-2)10-20(18)25-14-17/h3-4,9-10,15-16,21,23H,5-8,11-14H2,1-2H3/t15-/m0/s1. The quantitative estimate of drug-likeness (QED) is 0.792. The van der Waals surface area contributed by atoms with Crippen LogP contribution in [0.25, 0.3) is 6.08 Å². The summed E-state index contributed by atoms with van der Waals surface area (Å²) in [6.45, 7) is 7.42. The van der Waals surface area contributed by atoms with E-state index in [1.807, 2.05) is 25.1 Å². The van der Waals surface area contributed by atoms with E-state index in [1.165, 1.54) is 18.4 Å². The molecule has 1 aromatic carbocycles. The molecule has 2 aliphatic heterocycles. The number of methoxy groups -OCH3 is 1. The van der Waals surface area contributed by atoms with Crippen LogP contribution in [0.5, 0.6) is 11.5 Å². The van der Waals surface area contributed by atoms with E-state index in [4.69, 9.17) is 9.47 Å². The van der Waals surface area contributed by atoms with Crippen molar-refractivity contribution in [2.45, 2.75) is 25.9 Å². The average Bonchev–Trinajstić information content (AvgIpc) is 2.62. The van der Waals surface area contributed by atoms with Gasteiger partial charge in [-0.15, -0.1) is 0 Å². The zero-order valence-corrected chi connectivity index (χ0v) is 15.3. The smallest absolute Gasteiger partial charge is 0.130 e. The fourth-order valence-electron chi connectivity index (χ4n) is 3.60. The predicted molar refractivity (Wildman–Crippen MR) is 100 cm³/mol. The molecule has 0 radical (unpaired) electrons. The van der Waals surface area contributed by atoms with Crippen molar-refractivity contribution in [3.8, 4) is 11.5 Å². The van der Waals surface area contributed by atoms with Crippen LogP contribution < -0.4 is 14.8 Å². The highest BCUT2D eigenvalue weighted by molar-refractivity contribution is 5.63. The summed E-state index contributed by atoms with van der Waals surface area (Å²) in [6.07, 6.45) is 4.41. The Morgan fingerprint density at radius 2 is 2.16 bits per heavy atom. The number of piperidine rings is 1. The Balaban J connectivity index is 1.42. The van der Waals surface area contributed by atoms with Crippen LogP contribution in [0.3, 0.4) is 0 Å². The maximum Gasteiger partial charge on any atom is 0.130 e. The lowest BCUT2D eigenvalue weighted by atomic mass is 9.96. The number of β-amino-alcohol motifs (C(OH)–C–C–N with tert-alkyl or cyclic N) is 1. The van der Waals surface area contributed by atoms with E-state index >= 15 is 0 Å². The SMILES string of the molecule is COc1ccc2c(c1)OCC(CNCC1CCN(C[C@H](C)O)CC1)=C2. The summed E-state index contributed by atoms with van der Waals surface area (Å²) in [5.74, 6) is 2.45. The van der Waals surface area contributed by atoms with Crippen molar-refractivity contribution in [2.24, 2.45) is 5.92 Å². The van der Waals surface area contributed by atoms with Crippen molar-refractivity contribution in [3.05, 3.63) is 29.3 Å². The van der Waals surface area contributed by atoms with Crippen molar-refractivity contribution in [2.75, 3.05) is 46.4 Å². The zero-order valence-electron chi connectivity index (χ0n) is 15.3. The Labute approximate surface area is 150 Å². The van der Waals surface area contributed by atoms with Crippen molar-refractivity contribution in [1.29, 1.82) is 0 Å². The third kappa shape index (κ3) is 5.21. The number of hydrogen-bond donors (Lipinski definition) is 2. The second kappa shape index (κ2) is 8.70. The van der Waals surface area contributed by atoms with Crippen molar-refractivity contribution in [1.82, 2.24) is 10.2 Å². The van der Waals surface area contributed by atoms with Gasteiger partial charge in [0.25, 0.3) is 0 Å². The molecule has 1 aromatic rings. The normalized spacial score (nSPS) is 19.7. The number of nitrogens with zero attached hydrogens (tertiary/aromatic N) is 1. The van der Waals surface area contributed by atoms with Gasteiger partial charge in [-0.2, -0.15) is 0 Å². The molecule has 138 valence electrons. The van der Waals surface area contributed by atoms with Crippen LogP contribution in [-0.2, 0) is 0 Å². The number of fused-ring (bicyclic) bond motifs is 1. The van der Waals surface area contributed by atoms with Crippen molar-refractivity contribution < 1.29 is 14.6 Å². The minimum atomic E-state index is -0.226. The van der Waals surface area contributed by atoms with Gasteiger partial charge in [0.05, 0.1) is 13.2 Å². The maximum absolute atomic E-state index is 9.48. The predicted octanol–water partition coefficient (Wildman–Crippen LogP) is 2.15. The van der Waals surface area contributed by atoms with Crippen LogP contribution in [0.15, 0.2) is 23.8 Å². The number of hydrogen-bond acceptors (Lipinski definition) is 5. The molecule has 1 atom stereocenters. The van der Waals surface area contributed by atoms with E-state index in [1.54, 1.807) is 7.11 Å². The summed E-state index contributed by atoms with van der Waals surface area (Å²) in [4.78, 5) is 2.36. The summed E-state index contributed by atoms with van der Waals surface area (Å²) in [5.41, 5.74) is 2.40. The third-order valence-corrected chi connectivity index (χ3v) is 5.01. The topological polar surface area (TPSA) is 54.0 Å². The molecular formula is C20H30N2O3. The highest BCUT2D eigenvalue weighted by Crippen LogP contribution is 2.30. The molecule has 5 heteroatoms. The summed E-state index contributed by atoms with van der Waals surface area (Å²) < 4.78 is 11.1. The second-order valence-corrected chi connectivity index (χ2v) is 7.22. The van der Waals surface area contributed by atoms with Gasteiger partial charge in [-0.1, -0.05) is 0 Å². The van der Waals surface area contributed by atoms with E-state index in [-0.39, 0.29) is 6.10 Å². The van der Waals surface area contributed by atoms with Gasteiger partial charge in [0, 0.05) is 24.7 Å². The molecule has 0 aliphatic carbocycles. The summed E-state index contributed by atoms with van der Waals surface area (Å²) in [5, 5.41) is 13.1. The molecular weight excluding hydrogens is 316 g/mol. The van der Waals surface area contributed by atoms with Gasteiger partial charge in [-0.3, -0.25) is 0 Å². The number of aliphatic hydroxyl groups excluding tert-OH is 1. The lowest BCUT2D eigenvalue weighted by molar-refractivity contribution is 0.1000. The fraction of sp³-hybridized carbons (Fsp3) is 0.600. The van der Waals surface area contributed by atoms with E-state index in [0.717, 1.165) is 55.7 Å². The molecule has 2 N–H and O–H groups in total. The highest BCUT2D eigenvalue weighted by atomic mass is 16.5. The van der Waals surface area contributed by atoms with Gasteiger partial charge >= 0.3 is 0 Å². The van der Waals surface area contributed by atoms with Gasteiger partial charge in [-0.05, 0) is 69.1 Å². The van der Waals surface area contributed by atoms with Crippen LogP contribution in [0.1, 0.15) is 25.3 Å². The average molecular weight is 346 g/mol. The third-order valence-electron chi connectivity index (χ3n) is 5.01. The monoisotopic (exact) mass is 346 g/mol. The largest absolute Gasteiger partial charge is 0.497 e. The summed E-state index contributed by atoms with van der Waals surface area (Å²) in [7, 11) is 1.67. The van der Waals surface area contributed by atoms with Gasteiger partial charge < -0.3 is 24.8 Å². The first-order chi connectivity index (χ1) is 12.1. The van der Waals surface area contributed by atoms with Gasteiger partial charge in [0.15, 0.2) is 0 Å². The minimum absolute atomic E-state index is 0.226. The lowest BCUT2D eigenvalue weighted by Crippen LogP contribution is -2.40. The Morgan fingerprint density at radius 1 is 1.36 bits per heavy atom. The maximum atomic E-state index is 9.48. The van der Waals surface area contributed by atoms with Gasteiger partial charge in [-0.25, -0.2) is 0 Å². The van der Waals surface area contributed by atoms with Crippen molar-refractivity contribution >= 4 is 6.08 Å². The molecule has 1 saturated heterocycles. The first kappa shape index (κ1) is 18.2. The summed E-state index contributed by atoms with van der Waals surface area (Å²) >= 11 is 0. The molecule has 2 heterocycles. The molecule has 0 spiro atoms. The number of aliphatic hydroxyl groups is 1. The zero-order chi connectivity index (χ0) is 17.6. The number of likely N-dealkylation sites (tertiary alicyclic amines) is 1. The molecule has 25 heavy (non-hydrogen) atoms. The van der Waals surface area contributed by atoms with E-state index in [0.29, 0.717) is 6.61 Å². The van der Waals surface area contributed by atoms with Gasteiger partial charge in [0.1, 0.15) is 18.1 Å². The molecule has 0 amide bonds. The molecule has 0 unspecified atom stereocenters. The molecule has 3 rings (SSSR count). The van der Waals surface area contributed by atoms with Crippen LogP contribution in [0, 0.1) is 5.92 Å². The molecule has 5 nitrogen and oxygen atoms in total.